The standard InChI is InChI=1S/C27H36N2O4/c1-20(16-21-10-6-5-7-11-21)19-29(15-13-23-12-8-9-14-28-23)27(30)22-17-24(31-2)26(33-4)25(18-22)32-3/h5-7,10-11,16-18,23,28H,8-9,12-15,19H2,1-4H3/b20-16+. The van der Waals surface area contributed by atoms with Gasteiger partial charge in [0.1, 0.15) is 0 Å². The minimum atomic E-state index is -0.0501. The summed E-state index contributed by atoms with van der Waals surface area (Å²) < 4.78 is 16.4. The molecule has 2 aromatic carbocycles. The number of hydrogen-bond donors (Lipinski definition) is 1. The van der Waals surface area contributed by atoms with Crippen molar-refractivity contribution in [2.75, 3.05) is 41.0 Å². The van der Waals surface area contributed by atoms with Gasteiger partial charge in [-0.25, -0.2) is 0 Å². The van der Waals surface area contributed by atoms with Gasteiger partial charge in [0, 0.05) is 24.7 Å². The van der Waals surface area contributed by atoms with Crippen LogP contribution in [0, 0.1) is 0 Å². The highest BCUT2D eigenvalue weighted by molar-refractivity contribution is 5.96. The quantitative estimate of drug-likeness (QED) is 0.562. The number of piperidine rings is 1. The number of nitrogens with one attached hydrogen (secondary N) is 1. The van der Waals surface area contributed by atoms with E-state index in [9.17, 15) is 4.79 Å². The van der Waals surface area contributed by atoms with Crippen molar-refractivity contribution in [2.24, 2.45) is 0 Å². The van der Waals surface area contributed by atoms with Crippen LogP contribution in [0.1, 0.15) is 48.5 Å². The Morgan fingerprint density at radius 3 is 2.33 bits per heavy atom. The Bertz CT molecular complexity index is 911. The maximum Gasteiger partial charge on any atom is 0.254 e. The highest BCUT2D eigenvalue weighted by atomic mass is 16.5. The summed E-state index contributed by atoms with van der Waals surface area (Å²) in [6.45, 7) is 4.35. The first-order valence-corrected chi connectivity index (χ1v) is 11.6. The fourth-order valence-electron chi connectivity index (χ4n) is 4.30. The number of methoxy groups -OCH3 is 3. The molecule has 0 radical (unpaired) electrons. The molecule has 1 amide bonds. The molecule has 1 atom stereocenters. The third-order valence-electron chi connectivity index (χ3n) is 6.01. The van der Waals surface area contributed by atoms with Crippen molar-refractivity contribution in [1.82, 2.24) is 10.2 Å². The molecule has 0 bridgehead atoms. The summed E-state index contributed by atoms with van der Waals surface area (Å²) in [7, 11) is 4.68. The minimum absolute atomic E-state index is 0.0501. The molecule has 6 heteroatoms. The van der Waals surface area contributed by atoms with Crippen molar-refractivity contribution in [3.05, 3.63) is 59.2 Å². The van der Waals surface area contributed by atoms with Gasteiger partial charge in [-0.3, -0.25) is 4.79 Å². The molecule has 1 aliphatic rings. The number of carbonyl (C=O) groups is 1. The average Bonchev–Trinajstić information content (AvgIpc) is 2.86. The smallest absolute Gasteiger partial charge is 0.254 e. The SMILES string of the molecule is COc1cc(C(=O)N(CCC2CCCCN2)C/C(C)=C/c2ccccc2)cc(OC)c1OC. The number of ether oxygens (including phenoxy) is 3. The maximum atomic E-state index is 13.7. The molecule has 1 aliphatic heterocycles. The van der Waals surface area contributed by atoms with Gasteiger partial charge in [0.25, 0.3) is 5.91 Å². The third kappa shape index (κ3) is 6.75. The molecule has 3 rings (SSSR count). The Hall–Kier alpha value is -2.99. The molecule has 6 nitrogen and oxygen atoms in total. The van der Waals surface area contributed by atoms with Gasteiger partial charge < -0.3 is 24.4 Å². The van der Waals surface area contributed by atoms with Crippen LogP contribution < -0.4 is 19.5 Å². The molecule has 1 heterocycles. The molecule has 1 fully saturated rings. The normalized spacial score (nSPS) is 16.2. The number of hydrogen-bond acceptors (Lipinski definition) is 5. The van der Waals surface area contributed by atoms with E-state index in [1.807, 2.05) is 23.1 Å². The Morgan fingerprint density at radius 2 is 1.76 bits per heavy atom. The Kier molecular flexibility index (Phi) is 9.19. The third-order valence-corrected chi connectivity index (χ3v) is 6.01. The van der Waals surface area contributed by atoms with Gasteiger partial charge in [-0.15, -0.1) is 0 Å². The van der Waals surface area contributed by atoms with E-state index >= 15 is 0 Å². The molecule has 1 saturated heterocycles. The lowest BCUT2D eigenvalue weighted by Gasteiger charge is -2.28. The molecule has 33 heavy (non-hydrogen) atoms. The average molecular weight is 453 g/mol. The monoisotopic (exact) mass is 452 g/mol. The molecule has 0 spiro atoms. The molecule has 1 unspecified atom stereocenters. The summed E-state index contributed by atoms with van der Waals surface area (Å²) in [5.74, 6) is 1.39. The number of nitrogens with zero attached hydrogens (tertiary/aromatic N) is 1. The van der Waals surface area contributed by atoms with Gasteiger partial charge in [-0.2, -0.15) is 0 Å². The summed E-state index contributed by atoms with van der Waals surface area (Å²) in [6.07, 6.45) is 6.68. The summed E-state index contributed by atoms with van der Waals surface area (Å²) >= 11 is 0. The highest BCUT2D eigenvalue weighted by Crippen LogP contribution is 2.38. The summed E-state index contributed by atoms with van der Waals surface area (Å²) in [5, 5.41) is 3.59. The molecule has 0 aliphatic carbocycles. The van der Waals surface area contributed by atoms with Crippen molar-refractivity contribution in [3.8, 4) is 17.2 Å². The predicted molar refractivity (Wildman–Crippen MR) is 132 cm³/mol. The molecular weight excluding hydrogens is 416 g/mol. The van der Waals surface area contributed by atoms with Crippen LogP contribution in [0.2, 0.25) is 0 Å². The van der Waals surface area contributed by atoms with E-state index in [1.54, 1.807) is 33.5 Å². The van der Waals surface area contributed by atoms with Crippen molar-refractivity contribution in [2.45, 2.75) is 38.6 Å². The van der Waals surface area contributed by atoms with E-state index in [2.05, 4.69) is 30.4 Å². The zero-order valence-electron chi connectivity index (χ0n) is 20.2. The van der Waals surface area contributed by atoms with Crippen molar-refractivity contribution < 1.29 is 19.0 Å². The Labute approximate surface area is 197 Å². The first kappa shape index (κ1) is 24.6. The van der Waals surface area contributed by atoms with E-state index in [-0.39, 0.29) is 5.91 Å². The molecule has 1 N–H and O–H groups in total. The number of carbonyl (C=O) groups excluding carboxylic acids is 1. The maximum absolute atomic E-state index is 13.7. The number of amides is 1. The van der Waals surface area contributed by atoms with Crippen LogP contribution in [0.15, 0.2) is 48.0 Å². The van der Waals surface area contributed by atoms with Crippen LogP contribution >= 0.6 is 0 Å². The first-order chi connectivity index (χ1) is 16.0. The van der Waals surface area contributed by atoms with E-state index in [4.69, 9.17) is 14.2 Å². The molecule has 178 valence electrons. The summed E-state index contributed by atoms with van der Waals surface area (Å²) in [5.41, 5.74) is 2.77. The van der Waals surface area contributed by atoms with E-state index in [1.165, 1.54) is 12.8 Å². The van der Waals surface area contributed by atoms with Crippen LogP contribution in [0.5, 0.6) is 17.2 Å². The van der Waals surface area contributed by atoms with Gasteiger partial charge >= 0.3 is 0 Å². The summed E-state index contributed by atoms with van der Waals surface area (Å²) in [4.78, 5) is 15.6. The van der Waals surface area contributed by atoms with Gasteiger partial charge in [0.15, 0.2) is 11.5 Å². The largest absolute Gasteiger partial charge is 0.493 e. The van der Waals surface area contributed by atoms with Gasteiger partial charge in [-0.1, -0.05) is 48.4 Å². The zero-order chi connectivity index (χ0) is 23.6. The highest BCUT2D eigenvalue weighted by Gasteiger charge is 2.23. The van der Waals surface area contributed by atoms with E-state index in [0.29, 0.717) is 41.9 Å². The molecule has 0 aromatic heterocycles. The van der Waals surface area contributed by atoms with Crippen molar-refractivity contribution >= 4 is 12.0 Å². The Morgan fingerprint density at radius 1 is 1.06 bits per heavy atom. The number of benzene rings is 2. The van der Waals surface area contributed by atoms with Gasteiger partial charge in [0.05, 0.1) is 21.3 Å². The van der Waals surface area contributed by atoms with Crippen LogP contribution in [0.25, 0.3) is 6.08 Å². The van der Waals surface area contributed by atoms with Crippen LogP contribution in [0.4, 0.5) is 0 Å². The lowest BCUT2D eigenvalue weighted by molar-refractivity contribution is 0.0761. The van der Waals surface area contributed by atoms with E-state index < -0.39 is 0 Å². The lowest BCUT2D eigenvalue weighted by Crippen LogP contribution is -2.40. The topological polar surface area (TPSA) is 60.0 Å². The zero-order valence-corrected chi connectivity index (χ0v) is 20.2. The fraction of sp³-hybridized carbons (Fsp3) is 0.444. The second-order valence-corrected chi connectivity index (χ2v) is 8.48. The Balaban J connectivity index is 1.85. The van der Waals surface area contributed by atoms with Crippen LogP contribution in [0.3, 0.4) is 0 Å². The predicted octanol–water partition coefficient (Wildman–Crippen LogP) is 4.79. The number of rotatable bonds is 10. The second kappa shape index (κ2) is 12.3. The molecule has 2 aromatic rings. The fourth-order valence-corrected chi connectivity index (χ4v) is 4.30. The van der Waals surface area contributed by atoms with Crippen LogP contribution in [-0.4, -0.2) is 57.8 Å². The minimum Gasteiger partial charge on any atom is -0.493 e. The summed E-state index contributed by atoms with van der Waals surface area (Å²) in [6, 6.07) is 14.1. The van der Waals surface area contributed by atoms with Crippen molar-refractivity contribution in [3.63, 3.8) is 0 Å². The lowest BCUT2D eigenvalue weighted by atomic mass is 10.0. The van der Waals surface area contributed by atoms with E-state index in [0.717, 1.165) is 30.5 Å². The van der Waals surface area contributed by atoms with Crippen LogP contribution in [-0.2, 0) is 0 Å². The van der Waals surface area contributed by atoms with Gasteiger partial charge in [-0.05, 0) is 50.4 Å². The second-order valence-electron chi connectivity index (χ2n) is 8.48. The first-order valence-electron chi connectivity index (χ1n) is 11.6. The molecular formula is C27H36N2O4. The van der Waals surface area contributed by atoms with Gasteiger partial charge in [0.2, 0.25) is 5.75 Å². The van der Waals surface area contributed by atoms with Crippen molar-refractivity contribution in [1.29, 1.82) is 0 Å². The molecule has 0 saturated carbocycles.